The largest absolute Gasteiger partial charge is 0.460 e. The van der Waals surface area contributed by atoms with Crippen LogP contribution in [0.3, 0.4) is 0 Å². The molecule has 2 aliphatic carbocycles. The first-order valence-electron chi connectivity index (χ1n) is 14.5. The standard InChI is InChI=1S/C30H41N3O3/c1-3-19-12-20-14-21(13-19)16-24(15-20)32-22-8-7-9-23(32)18-25(17-22)33-28(30(35)36-4-2)31-27-11-6-5-10-26(27)29(33)34/h5-6,10-11,19-25H,3-4,7-9,12-18H2,1-2H3. The minimum absolute atomic E-state index is 0.00637. The summed E-state index contributed by atoms with van der Waals surface area (Å²) in [5, 5.41) is 0.587. The molecule has 4 unspecified atom stereocenters. The number of carbonyl (C=O) groups is 1. The van der Waals surface area contributed by atoms with Gasteiger partial charge in [-0.3, -0.25) is 14.3 Å². The molecule has 194 valence electrons. The van der Waals surface area contributed by atoms with Crippen molar-refractivity contribution in [2.24, 2.45) is 17.8 Å². The van der Waals surface area contributed by atoms with E-state index in [0.29, 0.717) is 29.0 Å². The minimum atomic E-state index is -0.487. The molecule has 6 rings (SSSR count). The lowest BCUT2D eigenvalue weighted by Gasteiger charge is -2.56. The predicted molar refractivity (Wildman–Crippen MR) is 141 cm³/mol. The maximum Gasteiger partial charge on any atom is 0.374 e. The number of carbonyl (C=O) groups excluding carboxylic acids is 1. The van der Waals surface area contributed by atoms with Crippen molar-refractivity contribution in [1.29, 1.82) is 0 Å². The molecule has 0 radical (unpaired) electrons. The fourth-order valence-corrected chi connectivity index (χ4v) is 8.55. The molecule has 0 N–H and O–H groups in total. The normalized spacial score (nSPS) is 34.4. The van der Waals surface area contributed by atoms with Crippen LogP contribution in [-0.4, -0.2) is 45.2 Å². The molecule has 2 aromatic rings. The molecule has 0 amide bonds. The SMILES string of the molecule is CCOC(=O)c1nc2ccccc2c(=O)n1C1CC2CCCC(C1)N2C1CC2CC(CC)CC(C2)C1. The van der Waals surface area contributed by atoms with E-state index in [-0.39, 0.29) is 24.0 Å². The molecule has 4 fully saturated rings. The minimum Gasteiger partial charge on any atom is -0.460 e. The van der Waals surface area contributed by atoms with Crippen molar-refractivity contribution in [3.8, 4) is 0 Å². The van der Waals surface area contributed by atoms with Gasteiger partial charge in [-0.1, -0.05) is 31.9 Å². The second-order valence-corrected chi connectivity index (χ2v) is 12.0. The van der Waals surface area contributed by atoms with Gasteiger partial charge in [-0.15, -0.1) is 0 Å². The maximum atomic E-state index is 13.8. The van der Waals surface area contributed by atoms with E-state index in [9.17, 15) is 9.59 Å². The van der Waals surface area contributed by atoms with Gasteiger partial charge in [-0.05, 0) is 94.6 Å². The molecule has 1 aromatic carbocycles. The van der Waals surface area contributed by atoms with Gasteiger partial charge in [-0.2, -0.15) is 0 Å². The Hall–Kier alpha value is -2.21. The highest BCUT2D eigenvalue weighted by atomic mass is 16.5. The Labute approximate surface area is 214 Å². The van der Waals surface area contributed by atoms with Crippen LogP contribution in [0.2, 0.25) is 0 Å². The monoisotopic (exact) mass is 491 g/mol. The molecule has 6 heteroatoms. The van der Waals surface area contributed by atoms with Crippen LogP contribution in [0.25, 0.3) is 10.9 Å². The number of para-hydroxylation sites is 1. The third kappa shape index (κ3) is 4.29. The highest BCUT2D eigenvalue weighted by molar-refractivity contribution is 5.89. The lowest BCUT2D eigenvalue weighted by Crippen LogP contribution is -2.59. The van der Waals surface area contributed by atoms with E-state index < -0.39 is 5.97 Å². The Balaban J connectivity index is 1.30. The molecule has 0 spiro atoms. The van der Waals surface area contributed by atoms with Gasteiger partial charge in [0.15, 0.2) is 0 Å². The molecule has 4 aliphatic rings. The predicted octanol–water partition coefficient (Wildman–Crippen LogP) is 5.74. The zero-order valence-electron chi connectivity index (χ0n) is 21.9. The second-order valence-electron chi connectivity index (χ2n) is 12.0. The molecule has 36 heavy (non-hydrogen) atoms. The summed E-state index contributed by atoms with van der Waals surface area (Å²) in [5.41, 5.74) is 0.469. The molecule has 4 bridgehead atoms. The molecular formula is C30H41N3O3. The summed E-state index contributed by atoms with van der Waals surface area (Å²) in [6, 6.07) is 9.04. The van der Waals surface area contributed by atoms with Crippen LogP contribution < -0.4 is 5.56 Å². The Morgan fingerprint density at radius 1 is 0.917 bits per heavy atom. The van der Waals surface area contributed by atoms with E-state index in [1.165, 1.54) is 57.8 Å². The number of hydrogen-bond acceptors (Lipinski definition) is 5. The summed E-state index contributed by atoms with van der Waals surface area (Å²) in [5.74, 6) is 2.42. The third-order valence-corrected chi connectivity index (χ3v) is 9.85. The molecule has 3 heterocycles. The number of benzene rings is 1. The van der Waals surface area contributed by atoms with Crippen LogP contribution >= 0.6 is 0 Å². The quantitative estimate of drug-likeness (QED) is 0.499. The van der Waals surface area contributed by atoms with Gasteiger partial charge in [0.2, 0.25) is 5.82 Å². The summed E-state index contributed by atoms with van der Waals surface area (Å²) in [6.45, 7) is 4.44. The summed E-state index contributed by atoms with van der Waals surface area (Å²) < 4.78 is 7.08. The van der Waals surface area contributed by atoms with Crippen LogP contribution in [0.15, 0.2) is 29.1 Å². The number of nitrogens with zero attached hydrogens (tertiary/aromatic N) is 3. The number of fused-ring (bicyclic) bond motifs is 5. The zero-order chi connectivity index (χ0) is 24.8. The van der Waals surface area contributed by atoms with Crippen molar-refractivity contribution >= 4 is 16.9 Å². The summed E-state index contributed by atoms with van der Waals surface area (Å²) in [6.07, 6.45) is 13.9. The van der Waals surface area contributed by atoms with Gasteiger partial charge in [0.05, 0.1) is 17.5 Å². The van der Waals surface area contributed by atoms with Crippen LogP contribution in [-0.2, 0) is 4.74 Å². The maximum absolute atomic E-state index is 13.8. The topological polar surface area (TPSA) is 64.4 Å². The molecule has 2 aliphatic heterocycles. The van der Waals surface area contributed by atoms with Gasteiger partial charge in [0, 0.05) is 24.2 Å². The van der Waals surface area contributed by atoms with E-state index in [2.05, 4.69) is 16.8 Å². The lowest BCUT2D eigenvalue weighted by atomic mass is 9.64. The van der Waals surface area contributed by atoms with Gasteiger partial charge in [0.25, 0.3) is 5.56 Å². The van der Waals surface area contributed by atoms with Crippen molar-refractivity contribution in [1.82, 2.24) is 14.5 Å². The average Bonchev–Trinajstić information content (AvgIpc) is 2.87. The van der Waals surface area contributed by atoms with Gasteiger partial charge in [-0.25, -0.2) is 9.78 Å². The first kappa shape index (κ1) is 24.1. The molecule has 2 saturated heterocycles. The fourth-order valence-electron chi connectivity index (χ4n) is 8.55. The number of hydrogen-bond donors (Lipinski definition) is 0. The zero-order valence-corrected chi connectivity index (χ0v) is 21.9. The number of aromatic nitrogens is 2. The third-order valence-electron chi connectivity index (χ3n) is 9.85. The Morgan fingerprint density at radius 3 is 2.28 bits per heavy atom. The first-order chi connectivity index (χ1) is 17.6. The number of esters is 1. The molecule has 2 saturated carbocycles. The van der Waals surface area contributed by atoms with Gasteiger partial charge in [0.1, 0.15) is 0 Å². The fraction of sp³-hybridized carbons (Fsp3) is 0.700. The van der Waals surface area contributed by atoms with E-state index in [4.69, 9.17) is 4.74 Å². The number of piperidine rings is 2. The molecular weight excluding hydrogens is 450 g/mol. The molecule has 1 aromatic heterocycles. The van der Waals surface area contributed by atoms with Crippen molar-refractivity contribution < 1.29 is 9.53 Å². The highest BCUT2D eigenvalue weighted by Gasteiger charge is 2.46. The van der Waals surface area contributed by atoms with Crippen molar-refractivity contribution in [2.75, 3.05) is 6.61 Å². The lowest BCUT2D eigenvalue weighted by molar-refractivity contribution is -0.0542. The Kier molecular flexibility index (Phi) is 6.65. The van der Waals surface area contributed by atoms with Crippen molar-refractivity contribution in [3.63, 3.8) is 0 Å². The van der Waals surface area contributed by atoms with Crippen LogP contribution in [0, 0.1) is 17.8 Å². The molecule has 4 atom stereocenters. The van der Waals surface area contributed by atoms with E-state index in [1.807, 2.05) is 24.3 Å². The van der Waals surface area contributed by atoms with Crippen molar-refractivity contribution in [3.05, 3.63) is 40.4 Å². The number of ether oxygens (including phenoxy) is 1. The summed E-state index contributed by atoms with van der Waals surface area (Å²) >= 11 is 0. The first-order valence-corrected chi connectivity index (χ1v) is 14.5. The highest BCUT2D eigenvalue weighted by Crippen LogP contribution is 2.49. The van der Waals surface area contributed by atoms with E-state index in [1.54, 1.807) is 11.5 Å². The average molecular weight is 492 g/mol. The molecule has 6 nitrogen and oxygen atoms in total. The summed E-state index contributed by atoms with van der Waals surface area (Å²) in [7, 11) is 0. The van der Waals surface area contributed by atoms with Crippen molar-refractivity contribution in [2.45, 2.75) is 109 Å². The van der Waals surface area contributed by atoms with E-state index >= 15 is 0 Å². The second kappa shape index (κ2) is 9.92. The smallest absolute Gasteiger partial charge is 0.374 e. The Morgan fingerprint density at radius 2 is 1.61 bits per heavy atom. The van der Waals surface area contributed by atoms with E-state index in [0.717, 1.165) is 30.6 Å². The van der Waals surface area contributed by atoms with Gasteiger partial charge >= 0.3 is 5.97 Å². The number of rotatable bonds is 5. The van der Waals surface area contributed by atoms with Crippen LogP contribution in [0.4, 0.5) is 0 Å². The van der Waals surface area contributed by atoms with Gasteiger partial charge < -0.3 is 4.74 Å². The Bertz CT molecular complexity index is 1150. The van der Waals surface area contributed by atoms with Crippen LogP contribution in [0.1, 0.15) is 101 Å². The van der Waals surface area contributed by atoms with Crippen LogP contribution in [0.5, 0.6) is 0 Å². The summed E-state index contributed by atoms with van der Waals surface area (Å²) in [4.78, 5) is 34.3.